The molecule has 0 bridgehead atoms. The Hall–Kier alpha value is -1.95. The minimum absolute atomic E-state index is 0.347. The van der Waals surface area contributed by atoms with Gasteiger partial charge in [-0.3, -0.25) is 4.79 Å². The zero-order valence-corrected chi connectivity index (χ0v) is 11.7. The largest absolute Gasteiger partial charge is 0.496 e. The van der Waals surface area contributed by atoms with Crippen molar-refractivity contribution in [3.05, 3.63) is 29.8 Å². The van der Waals surface area contributed by atoms with Crippen LogP contribution in [0.15, 0.2) is 24.3 Å². The quantitative estimate of drug-likeness (QED) is 0.462. The number of hydrogen-bond donors (Lipinski definition) is 0. The summed E-state index contributed by atoms with van der Waals surface area (Å²) < 4.78 is 10.5. The molecule has 0 aromatic heterocycles. The van der Waals surface area contributed by atoms with Gasteiger partial charge in [0.05, 0.1) is 7.11 Å². The fourth-order valence-electron chi connectivity index (χ4n) is 1.65. The normalized spacial score (nSPS) is 11.1. The molecule has 1 rings (SSSR count). The van der Waals surface area contributed by atoms with Gasteiger partial charge in [0.1, 0.15) is 5.75 Å². The second-order valence-electron chi connectivity index (χ2n) is 4.16. The van der Waals surface area contributed by atoms with Crippen molar-refractivity contribution in [2.75, 3.05) is 7.11 Å². The molecule has 1 aromatic rings. The smallest absolute Gasteiger partial charge is 0.304 e. The molecular weight excluding hydrogens is 240 g/mol. The molecule has 1 aromatic carbocycles. The van der Waals surface area contributed by atoms with Gasteiger partial charge in [-0.1, -0.05) is 43.4 Å². The lowest BCUT2D eigenvalue weighted by molar-refractivity contribution is -0.144. The van der Waals surface area contributed by atoms with Crippen LogP contribution in [0.1, 0.15) is 44.8 Å². The summed E-state index contributed by atoms with van der Waals surface area (Å²) in [4.78, 5) is 11.2. The predicted molar refractivity (Wildman–Crippen MR) is 74.8 cm³/mol. The molecule has 0 aliphatic carbocycles. The highest BCUT2D eigenvalue weighted by Gasteiger charge is 2.16. The first kappa shape index (κ1) is 15.1. The second kappa shape index (κ2) is 8.20. The molecule has 0 unspecified atom stereocenters. The third-order valence-electron chi connectivity index (χ3n) is 2.59. The van der Waals surface area contributed by atoms with Gasteiger partial charge in [-0.15, -0.1) is 0 Å². The van der Waals surface area contributed by atoms with Gasteiger partial charge in [-0.2, -0.15) is 0 Å². The average molecular weight is 260 g/mol. The van der Waals surface area contributed by atoms with Crippen molar-refractivity contribution in [3.63, 3.8) is 0 Å². The fourth-order valence-corrected chi connectivity index (χ4v) is 1.65. The Balaban J connectivity index is 2.94. The maximum Gasteiger partial charge on any atom is 0.304 e. The Morgan fingerprint density at radius 3 is 2.74 bits per heavy atom. The Bertz CT molecular complexity index is 468. The first-order valence-electron chi connectivity index (χ1n) is 6.47. The van der Waals surface area contributed by atoms with Gasteiger partial charge in [0, 0.05) is 18.9 Å². The number of unbranched alkanes of at least 4 members (excludes halogenated alkanes) is 2. The van der Waals surface area contributed by atoms with Crippen molar-refractivity contribution in [1.82, 2.24) is 0 Å². The van der Waals surface area contributed by atoms with Crippen LogP contribution in [0.2, 0.25) is 0 Å². The number of benzene rings is 1. The molecule has 19 heavy (non-hydrogen) atoms. The van der Waals surface area contributed by atoms with E-state index in [9.17, 15) is 4.79 Å². The van der Waals surface area contributed by atoms with Crippen LogP contribution in [0.5, 0.6) is 5.75 Å². The van der Waals surface area contributed by atoms with E-state index in [0.717, 1.165) is 24.8 Å². The summed E-state index contributed by atoms with van der Waals surface area (Å²) in [6.45, 7) is 3.50. The van der Waals surface area contributed by atoms with Crippen molar-refractivity contribution in [1.29, 1.82) is 0 Å². The van der Waals surface area contributed by atoms with Crippen LogP contribution in [0, 0.1) is 11.8 Å². The van der Waals surface area contributed by atoms with E-state index in [1.807, 2.05) is 24.3 Å². The first-order chi connectivity index (χ1) is 9.19. The third kappa shape index (κ3) is 5.05. The minimum Gasteiger partial charge on any atom is -0.496 e. The molecule has 0 aliphatic rings. The molecule has 0 N–H and O–H groups in total. The van der Waals surface area contributed by atoms with Crippen molar-refractivity contribution in [2.24, 2.45) is 0 Å². The summed E-state index contributed by atoms with van der Waals surface area (Å²) in [7, 11) is 1.59. The van der Waals surface area contributed by atoms with Gasteiger partial charge in [-0.25, -0.2) is 0 Å². The predicted octanol–water partition coefficient (Wildman–Crippen LogP) is 3.49. The van der Waals surface area contributed by atoms with Crippen LogP contribution in [-0.2, 0) is 9.53 Å². The Morgan fingerprint density at radius 1 is 1.37 bits per heavy atom. The van der Waals surface area contributed by atoms with Crippen LogP contribution in [0.3, 0.4) is 0 Å². The summed E-state index contributed by atoms with van der Waals surface area (Å²) in [6.07, 6.45) is 2.39. The van der Waals surface area contributed by atoms with Crippen molar-refractivity contribution < 1.29 is 14.3 Å². The molecule has 0 amide bonds. The molecule has 0 heterocycles. The lowest BCUT2D eigenvalue weighted by atomic mass is 10.1. The number of ether oxygens (including phenoxy) is 2. The molecule has 0 aliphatic heterocycles. The van der Waals surface area contributed by atoms with Crippen LogP contribution in [0.4, 0.5) is 0 Å². The summed E-state index contributed by atoms with van der Waals surface area (Å²) in [6, 6.07) is 7.44. The van der Waals surface area contributed by atoms with E-state index in [0.29, 0.717) is 5.75 Å². The lowest BCUT2D eigenvalue weighted by Crippen LogP contribution is -2.08. The molecule has 0 spiro atoms. The van der Waals surface area contributed by atoms with E-state index in [1.165, 1.54) is 6.92 Å². The van der Waals surface area contributed by atoms with Crippen molar-refractivity contribution in [2.45, 2.75) is 39.2 Å². The summed E-state index contributed by atoms with van der Waals surface area (Å²) in [5.74, 6) is 6.40. The van der Waals surface area contributed by atoms with Crippen molar-refractivity contribution in [3.8, 4) is 17.6 Å². The van der Waals surface area contributed by atoms with Crippen LogP contribution < -0.4 is 4.74 Å². The number of esters is 1. The zero-order valence-electron chi connectivity index (χ0n) is 11.7. The van der Waals surface area contributed by atoms with Crippen LogP contribution in [-0.4, -0.2) is 13.1 Å². The topological polar surface area (TPSA) is 35.5 Å². The number of carbonyl (C=O) groups excluding carboxylic acids is 1. The highest BCUT2D eigenvalue weighted by atomic mass is 16.5. The van der Waals surface area contributed by atoms with Crippen molar-refractivity contribution >= 4 is 5.97 Å². The van der Waals surface area contributed by atoms with Gasteiger partial charge in [0.15, 0.2) is 6.10 Å². The molecule has 3 heteroatoms. The number of carbonyl (C=O) groups is 1. The van der Waals surface area contributed by atoms with E-state index in [2.05, 4.69) is 18.8 Å². The Morgan fingerprint density at radius 2 is 2.11 bits per heavy atom. The number of para-hydroxylation sites is 1. The molecule has 0 saturated heterocycles. The van der Waals surface area contributed by atoms with E-state index >= 15 is 0 Å². The summed E-state index contributed by atoms with van der Waals surface area (Å²) in [5, 5.41) is 0. The average Bonchev–Trinajstić information content (AvgIpc) is 2.42. The Kier molecular flexibility index (Phi) is 6.52. The van der Waals surface area contributed by atoms with E-state index in [4.69, 9.17) is 9.47 Å². The second-order valence-corrected chi connectivity index (χ2v) is 4.16. The molecule has 0 fully saturated rings. The molecule has 1 atom stereocenters. The highest BCUT2D eigenvalue weighted by molar-refractivity contribution is 5.67. The number of hydrogen-bond acceptors (Lipinski definition) is 3. The SMILES string of the molecule is CCCCC#C[C@@H](OC(C)=O)c1ccccc1OC. The lowest BCUT2D eigenvalue weighted by Gasteiger charge is -2.14. The monoisotopic (exact) mass is 260 g/mol. The minimum atomic E-state index is -0.564. The van der Waals surface area contributed by atoms with Gasteiger partial charge in [0.25, 0.3) is 0 Å². The molecule has 0 saturated carbocycles. The Labute approximate surface area is 114 Å². The molecule has 102 valence electrons. The molecular formula is C16H20O3. The van der Waals surface area contributed by atoms with Gasteiger partial charge in [-0.05, 0) is 12.5 Å². The summed E-state index contributed by atoms with van der Waals surface area (Å²) >= 11 is 0. The van der Waals surface area contributed by atoms with E-state index in [-0.39, 0.29) is 5.97 Å². The first-order valence-corrected chi connectivity index (χ1v) is 6.47. The number of rotatable bonds is 5. The third-order valence-corrected chi connectivity index (χ3v) is 2.59. The van der Waals surface area contributed by atoms with Crippen LogP contribution >= 0.6 is 0 Å². The molecule has 0 radical (unpaired) electrons. The maximum absolute atomic E-state index is 11.2. The highest BCUT2D eigenvalue weighted by Crippen LogP contribution is 2.27. The van der Waals surface area contributed by atoms with Gasteiger partial charge >= 0.3 is 5.97 Å². The zero-order chi connectivity index (χ0) is 14.1. The van der Waals surface area contributed by atoms with E-state index < -0.39 is 6.10 Å². The van der Waals surface area contributed by atoms with Crippen LogP contribution in [0.25, 0.3) is 0 Å². The standard InChI is InChI=1S/C16H20O3/c1-4-5-6-7-12-16(19-13(2)17)14-10-8-9-11-15(14)18-3/h8-11,16H,4-6H2,1-3H3/t16-/m1/s1. The van der Waals surface area contributed by atoms with Gasteiger partial charge < -0.3 is 9.47 Å². The van der Waals surface area contributed by atoms with E-state index in [1.54, 1.807) is 7.11 Å². The molecule has 3 nitrogen and oxygen atoms in total. The fraction of sp³-hybridized carbons (Fsp3) is 0.438. The maximum atomic E-state index is 11.2. The number of methoxy groups -OCH3 is 1. The summed E-state index contributed by atoms with van der Waals surface area (Å²) in [5.41, 5.74) is 0.782. The van der Waals surface area contributed by atoms with Gasteiger partial charge in [0.2, 0.25) is 0 Å².